The van der Waals surface area contributed by atoms with E-state index in [1.165, 1.54) is 0 Å². The van der Waals surface area contributed by atoms with E-state index >= 15 is 0 Å². The summed E-state index contributed by atoms with van der Waals surface area (Å²) in [5.74, 6) is 0.484. The van der Waals surface area contributed by atoms with Crippen LogP contribution in [-0.4, -0.2) is 40.3 Å². The Labute approximate surface area is 158 Å². The van der Waals surface area contributed by atoms with Gasteiger partial charge in [0.1, 0.15) is 6.61 Å². The van der Waals surface area contributed by atoms with Gasteiger partial charge in [-0.2, -0.15) is 0 Å². The second-order valence-corrected chi connectivity index (χ2v) is 7.36. The molecule has 2 saturated heterocycles. The first kappa shape index (κ1) is 17.8. The minimum atomic E-state index is -0.974. The smallest absolute Gasteiger partial charge is 0.410 e. The SMILES string of the molecule is COc1cc(C2(O)CC3CCC(C2)N3C(=O)OCc2ccccc2)ccn1. The molecule has 1 N–H and O–H groups in total. The molecular weight excluding hydrogens is 344 g/mol. The number of carbonyl (C=O) groups is 1. The van der Waals surface area contributed by atoms with Gasteiger partial charge in [0.25, 0.3) is 0 Å². The van der Waals surface area contributed by atoms with E-state index < -0.39 is 5.60 Å². The summed E-state index contributed by atoms with van der Waals surface area (Å²) in [5.41, 5.74) is 0.789. The number of fused-ring (bicyclic) bond motifs is 2. The summed E-state index contributed by atoms with van der Waals surface area (Å²) in [6.07, 6.45) is 4.12. The minimum absolute atomic E-state index is 0.0174. The van der Waals surface area contributed by atoms with Crippen molar-refractivity contribution in [2.45, 2.75) is 50.0 Å². The molecule has 1 amide bonds. The maximum Gasteiger partial charge on any atom is 0.410 e. The fourth-order valence-electron chi connectivity index (χ4n) is 4.36. The Kier molecular flexibility index (Phi) is 4.74. The molecule has 6 heteroatoms. The highest BCUT2D eigenvalue weighted by molar-refractivity contribution is 5.69. The van der Waals surface area contributed by atoms with Crippen molar-refractivity contribution in [3.05, 3.63) is 59.8 Å². The second kappa shape index (κ2) is 7.19. The van der Waals surface area contributed by atoms with Crippen LogP contribution in [0.25, 0.3) is 0 Å². The molecule has 1 aromatic carbocycles. The fourth-order valence-corrected chi connectivity index (χ4v) is 4.36. The molecule has 2 aliphatic heterocycles. The van der Waals surface area contributed by atoms with Crippen LogP contribution in [0, 0.1) is 0 Å². The molecule has 0 radical (unpaired) electrons. The van der Waals surface area contributed by atoms with Crippen LogP contribution in [0.3, 0.4) is 0 Å². The molecule has 0 spiro atoms. The molecule has 2 aliphatic rings. The fraction of sp³-hybridized carbons (Fsp3) is 0.429. The standard InChI is InChI=1S/C21H24N2O4/c1-26-19-11-16(9-10-22-19)21(25)12-17-7-8-18(13-21)23(17)20(24)27-14-15-5-3-2-4-6-15/h2-6,9-11,17-18,25H,7-8,12-14H2,1H3. The van der Waals surface area contributed by atoms with E-state index in [1.807, 2.05) is 41.3 Å². The Morgan fingerprint density at radius 2 is 1.93 bits per heavy atom. The molecule has 6 nitrogen and oxygen atoms in total. The van der Waals surface area contributed by atoms with Gasteiger partial charge in [-0.1, -0.05) is 30.3 Å². The molecule has 0 aliphatic carbocycles. The first-order chi connectivity index (χ1) is 13.1. The highest BCUT2D eigenvalue weighted by Gasteiger charge is 2.50. The topological polar surface area (TPSA) is 71.9 Å². The van der Waals surface area contributed by atoms with E-state index in [0.29, 0.717) is 18.7 Å². The number of aromatic nitrogens is 1. The van der Waals surface area contributed by atoms with Gasteiger partial charge >= 0.3 is 6.09 Å². The zero-order valence-electron chi connectivity index (χ0n) is 15.4. The first-order valence-corrected chi connectivity index (χ1v) is 9.31. The molecule has 2 aromatic rings. The van der Waals surface area contributed by atoms with Crippen LogP contribution in [-0.2, 0) is 16.9 Å². The van der Waals surface area contributed by atoms with Gasteiger partial charge in [-0.3, -0.25) is 0 Å². The maximum atomic E-state index is 12.7. The van der Waals surface area contributed by atoms with Crippen LogP contribution in [0.15, 0.2) is 48.7 Å². The lowest BCUT2D eigenvalue weighted by Crippen LogP contribution is -2.52. The van der Waals surface area contributed by atoms with Crippen molar-refractivity contribution < 1.29 is 19.4 Å². The number of methoxy groups -OCH3 is 1. The van der Waals surface area contributed by atoms with Gasteiger partial charge in [0, 0.05) is 37.2 Å². The van der Waals surface area contributed by atoms with Gasteiger partial charge in [-0.15, -0.1) is 0 Å². The summed E-state index contributed by atoms with van der Waals surface area (Å²) >= 11 is 0. The van der Waals surface area contributed by atoms with Crippen LogP contribution in [0.4, 0.5) is 4.79 Å². The van der Waals surface area contributed by atoms with Crippen molar-refractivity contribution in [2.75, 3.05) is 7.11 Å². The van der Waals surface area contributed by atoms with E-state index in [2.05, 4.69) is 4.98 Å². The molecule has 142 valence electrons. The summed E-state index contributed by atoms with van der Waals surface area (Å²) < 4.78 is 10.7. The molecule has 3 heterocycles. The lowest BCUT2D eigenvalue weighted by Gasteiger charge is -2.43. The van der Waals surface area contributed by atoms with Gasteiger partial charge in [0.15, 0.2) is 0 Å². The Balaban J connectivity index is 1.46. The van der Waals surface area contributed by atoms with E-state index in [1.54, 1.807) is 19.4 Å². The van der Waals surface area contributed by atoms with Crippen molar-refractivity contribution in [2.24, 2.45) is 0 Å². The molecule has 2 unspecified atom stereocenters. The second-order valence-electron chi connectivity index (χ2n) is 7.36. The molecule has 0 saturated carbocycles. The molecule has 4 rings (SSSR count). The summed E-state index contributed by atoms with van der Waals surface area (Å²) in [5, 5.41) is 11.3. The minimum Gasteiger partial charge on any atom is -0.481 e. The van der Waals surface area contributed by atoms with Crippen LogP contribution in [0.5, 0.6) is 5.88 Å². The van der Waals surface area contributed by atoms with Gasteiger partial charge in [0.05, 0.1) is 12.7 Å². The number of piperidine rings is 1. The van der Waals surface area contributed by atoms with E-state index in [4.69, 9.17) is 9.47 Å². The predicted octanol–water partition coefficient (Wildman–Crippen LogP) is 3.24. The number of hydrogen-bond acceptors (Lipinski definition) is 5. The quantitative estimate of drug-likeness (QED) is 0.897. The van der Waals surface area contributed by atoms with Crippen molar-refractivity contribution >= 4 is 6.09 Å². The Hall–Kier alpha value is -2.60. The summed E-state index contributed by atoms with van der Waals surface area (Å²) in [7, 11) is 1.56. The molecule has 2 fully saturated rings. The molecule has 1 aromatic heterocycles. The first-order valence-electron chi connectivity index (χ1n) is 9.31. The monoisotopic (exact) mass is 368 g/mol. The van der Waals surface area contributed by atoms with Gasteiger partial charge in [0.2, 0.25) is 5.88 Å². The van der Waals surface area contributed by atoms with Gasteiger partial charge in [-0.05, 0) is 30.0 Å². The largest absolute Gasteiger partial charge is 0.481 e. The van der Waals surface area contributed by atoms with Crippen LogP contribution in [0.2, 0.25) is 0 Å². The number of aliphatic hydroxyl groups is 1. The van der Waals surface area contributed by atoms with E-state index in [-0.39, 0.29) is 24.8 Å². The third kappa shape index (κ3) is 3.49. The third-order valence-electron chi connectivity index (χ3n) is 5.66. The number of rotatable bonds is 4. The number of ether oxygens (including phenoxy) is 2. The molecule has 2 atom stereocenters. The number of amides is 1. The number of benzene rings is 1. The zero-order chi connectivity index (χ0) is 18.9. The summed E-state index contributed by atoms with van der Waals surface area (Å²) in [4.78, 5) is 18.6. The lowest BCUT2D eigenvalue weighted by atomic mass is 9.81. The average molecular weight is 368 g/mol. The van der Waals surface area contributed by atoms with Crippen LogP contribution < -0.4 is 4.74 Å². The number of carbonyl (C=O) groups excluding carboxylic acids is 1. The van der Waals surface area contributed by atoms with Crippen molar-refractivity contribution in [3.8, 4) is 5.88 Å². The highest BCUT2D eigenvalue weighted by atomic mass is 16.6. The number of nitrogens with zero attached hydrogens (tertiary/aromatic N) is 2. The summed E-state index contributed by atoms with van der Waals surface area (Å²) in [6, 6.07) is 13.2. The Morgan fingerprint density at radius 3 is 2.59 bits per heavy atom. The zero-order valence-corrected chi connectivity index (χ0v) is 15.4. The number of hydrogen-bond donors (Lipinski definition) is 1. The molecular formula is C21H24N2O4. The highest BCUT2D eigenvalue weighted by Crippen LogP contribution is 2.46. The van der Waals surface area contributed by atoms with Crippen LogP contribution in [0.1, 0.15) is 36.8 Å². The average Bonchev–Trinajstić information content (AvgIpc) is 2.99. The van der Waals surface area contributed by atoms with E-state index in [0.717, 1.165) is 24.0 Å². The summed E-state index contributed by atoms with van der Waals surface area (Å²) in [6.45, 7) is 0.265. The molecule has 2 bridgehead atoms. The Bertz CT molecular complexity index is 797. The van der Waals surface area contributed by atoms with Crippen molar-refractivity contribution in [1.29, 1.82) is 0 Å². The van der Waals surface area contributed by atoms with Crippen molar-refractivity contribution in [3.63, 3.8) is 0 Å². The Morgan fingerprint density at radius 1 is 1.22 bits per heavy atom. The maximum absolute atomic E-state index is 12.7. The predicted molar refractivity (Wildman–Crippen MR) is 99.2 cm³/mol. The third-order valence-corrected chi connectivity index (χ3v) is 5.66. The van der Waals surface area contributed by atoms with Gasteiger partial charge in [-0.25, -0.2) is 9.78 Å². The lowest BCUT2D eigenvalue weighted by molar-refractivity contribution is -0.0538. The van der Waals surface area contributed by atoms with Gasteiger partial charge < -0.3 is 19.5 Å². The normalized spacial score (nSPS) is 26.7. The van der Waals surface area contributed by atoms with Crippen LogP contribution >= 0.6 is 0 Å². The van der Waals surface area contributed by atoms with Crippen molar-refractivity contribution in [1.82, 2.24) is 9.88 Å². The number of pyridine rings is 1. The molecule has 27 heavy (non-hydrogen) atoms. The van der Waals surface area contributed by atoms with E-state index in [9.17, 15) is 9.90 Å².